The molecule has 0 bridgehead atoms. The van der Waals surface area contributed by atoms with E-state index in [9.17, 15) is 9.59 Å². The smallest absolute Gasteiger partial charge is 0.354 e. The molecule has 0 radical (unpaired) electrons. The summed E-state index contributed by atoms with van der Waals surface area (Å²) in [6.45, 7) is 4.09. The maximum Gasteiger partial charge on any atom is 0.354 e. The van der Waals surface area contributed by atoms with Crippen LogP contribution >= 0.6 is 0 Å². The molecular weight excluding hydrogens is 296 g/mol. The van der Waals surface area contributed by atoms with E-state index in [-0.39, 0.29) is 5.69 Å². The number of likely N-dealkylation sites (tertiary alicyclic amines) is 1. The van der Waals surface area contributed by atoms with Crippen molar-refractivity contribution in [2.75, 3.05) is 25.0 Å². The monoisotopic (exact) mass is 318 g/mol. The normalized spacial score (nSPS) is 18.7. The number of aromatic nitrogens is 2. The number of hydrogen-bond acceptors (Lipinski definition) is 5. The molecule has 2 heterocycles. The van der Waals surface area contributed by atoms with Gasteiger partial charge in [0, 0.05) is 31.2 Å². The third-order valence-electron chi connectivity index (χ3n) is 4.47. The number of carboxylic acids is 1. The van der Waals surface area contributed by atoms with Gasteiger partial charge in [-0.2, -0.15) is 0 Å². The molecule has 1 aromatic heterocycles. The highest BCUT2D eigenvalue weighted by atomic mass is 16.4. The Hall–Kier alpha value is -2.18. The molecule has 0 spiro atoms. The predicted octanol–water partition coefficient (Wildman–Crippen LogP) is 1.54. The molecular formula is C16H22N4O3. The Labute approximate surface area is 135 Å². The zero-order valence-electron chi connectivity index (χ0n) is 13.3. The second-order valence-electron chi connectivity index (χ2n) is 6.45. The summed E-state index contributed by atoms with van der Waals surface area (Å²) in [6.07, 6.45) is 4.03. The summed E-state index contributed by atoms with van der Waals surface area (Å²) < 4.78 is 0. The number of anilines is 1. The van der Waals surface area contributed by atoms with E-state index in [2.05, 4.69) is 15.3 Å². The van der Waals surface area contributed by atoms with Gasteiger partial charge in [-0.3, -0.25) is 4.79 Å². The number of rotatable bonds is 5. The molecule has 0 unspecified atom stereocenters. The summed E-state index contributed by atoms with van der Waals surface area (Å²) in [5.41, 5.74) is 0.634. The van der Waals surface area contributed by atoms with E-state index < -0.39 is 5.97 Å². The Morgan fingerprint density at radius 2 is 1.96 bits per heavy atom. The van der Waals surface area contributed by atoms with Crippen molar-refractivity contribution >= 4 is 17.8 Å². The van der Waals surface area contributed by atoms with Gasteiger partial charge in [0.2, 0.25) is 11.9 Å². The predicted molar refractivity (Wildman–Crippen MR) is 84.2 cm³/mol. The van der Waals surface area contributed by atoms with Gasteiger partial charge < -0.3 is 15.3 Å². The summed E-state index contributed by atoms with van der Waals surface area (Å²) in [6, 6.07) is 1.45. The van der Waals surface area contributed by atoms with Gasteiger partial charge in [-0.15, -0.1) is 0 Å². The lowest BCUT2D eigenvalue weighted by atomic mass is 9.96. The molecule has 1 aliphatic carbocycles. The molecule has 2 N–H and O–H groups in total. The molecule has 1 saturated carbocycles. The van der Waals surface area contributed by atoms with Crippen LogP contribution in [-0.2, 0) is 4.79 Å². The van der Waals surface area contributed by atoms with E-state index in [4.69, 9.17) is 5.11 Å². The van der Waals surface area contributed by atoms with E-state index in [1.54, 1.807) is 6.92 Å². The zero-order chi connectivity index (χ0) is 16.4. The fourth-order valence-electron chi connectivity index (χ4n) is 2.94. The molecule has 0 atom stereocenters. The second kappa shape index (κ2) is 6.52. The number of hydrogen-bond donors (Lipinski definition) is 2. The lowest BCUT2D eigenvalue weighted by molar-refractivity contribution is -0.133. The number of nitrogens with zero attached hydrogens (tertiary/aromatic N) is 3. The van der Waals surface area contributed by atoms with Crippen molar-refractivity contribution < 1.29 is 14.7 Å². The van der Waals surface area contributed by atoms with Crippen molar-refractivity contribution in [3.63, 3.8) is 0 Å². The average Bonchev–Trinajstić information content (AvgIpc) is 3.37. The first-order chi connectivity index (χ1) is 11.0. The Balaban J connectivity index is 1.49. The van der Waals surface area contributed by atoms with Crippen molar-refractivity contribution in [3.05, 3.63) is 17.5 Å². The van der Waals surface area contributed by atoms with Crippen LogP contribution in [0.5, 0.6) is 0 Å². The molecule has 2 aliphatic rings. The molecule has 1 saturated heterocycles. The van der Waals surface area contributed by atoms with Crippen LogP contribution in [0.1, 0.15) is 41.9 Å². The summed E-state index contributed by atoms with van der Waals surface area (Å²) in [5, 5.41) is 12.2. The molecule has 23 heavy (non-hydrogen) atoms. The standard InChI is InChI=1S/C16H22N4O3/c1-10-8-13(15(22)23)19-16(18-10)17-9-11-4-6-20(7-5-11)14(21)12-2-3-12/h8,11-12H,2-7,9H2,1H3,(H,22,23)(H,17,18,19). The van der Waals surface area contributed by atoms with Crippen molar-refractivity contribution in [1.82, 2.24) is 14.9 Å². The fraction of sp³-hybridized carbons (Fsp3) is 0.625. The molecule has 2 fully saturated rings. The molecule has 1 aromatic rings. The molecule has 7 heteroatoms. The van der Waals surface area contributed by atoms with Crippen LogP contribution < -0.4 is 5.32 Å². The first kappa shape index (κ1) is 15.7. The average molecular weight is 318 g/mol. The van der Waals surface area contributed by atoms with Gasteiger partial charge in [0.15, 0.2) is 5.69 Å². The first-order valence-corrected chi connectivity index (χ1v) is 8.14. The van der Waals surface area contributed by atoms with Gasteiger partial charge in [0.1, 0.15) is 0 Å². The minimum Gasteiger partial charge on any atom is -0.477 e. The number of piperidine rings is 1. The van der Waals surface area contributed by atoms with E-state index >= 15 is 0 Å². The summed E-state index contributed by atoms with van der Waals surface area (Å²) in [4.78, 5) is 33.3. The number of carbonyl (C=O) groups is 2. The third-order valence-corrected chi connectivity index (χ3v) is 4.47. The number of aromatic carboxylic acids is 1. The summed E-state index contributed by atoms with van der Waals surface area (Å²) in [7, 11) is 0. The second-order valence-corrected chi connectivity index (χ2v) is 6.45. The summed E-state index contributed by atoms with van der Waals surface area (Å²) in [5.74, 6) is 0.379. The van der Waals surface area contributed by atoms with E-state index in [1.807, 2.05) is 4.90 Å². The van der Waals surface area contributed by atoms with Gasteiger partial charge in [-0.05, 0) is 44.6 Å². The van der Waals surface area contributed by atoms with Gasteiger partial charge in [-0.25, -0.2) is 14.8 Å². The maximum absolute atomic E-state index is 12.0. The lowest BCUT2D eigenvalue weighted by Gasteiger charge is -2.32. The topological polar surface area (TPSA) is 95.4 Å². The van der Waals surface area contributed by atoms with Crippen LogP contribution in [0.15, 0.2) is 6.07 Å². The molecule has 3 rings (SSSR count). The van der Waals surface area contributed by atoms with Gasteiger partial charge in [0.05, 0.1) is 0 Å². The van der Waals surface area contributed by atoms with Gasteiger partial charge in [-0.1, -0.05) is 0 Å². The Bertz CT molecular complexity index is 607. The highest BCUT2D eigenvalue weighted by Crippen LogP contribution is 2.32. The molecule has 124 valence electrons. The van der Waals surface area contributed by atoms with E-state index in [1.165, 1.54) is 6.07 Å². The molecule has 1 amide bonds. The molecule has 0 aromatic carbocycles. The largest absolute Gasteiger partial charge is 0.477 e. The van der Waals surface area contributed by atoms with Crippen LogP contribution in [-0.4, -0.2) is 51.5 Å². The van der Waals surface area contributed by atoms with Crippen LogP contribution in [0.2, 0.25) is 0 Å². The Morgan fingerprint density at radius 1 is 1.26 bits per heavy atom. The number of aryl methyl sites for hydroxylation is 1. The first-order valence-electron chi connectivity index (χ1n) is 8.14. The maximum atomic E-state index is 12.0. The number of carbonyl (C=O) groups excluding carboxylic acids is 1. The van der Waals surface area contributed by atoms with Gasteiger partial charge in [0.25, 0.3) is 0 Å². The quantitative estimate of drug-likeness (QED) is 0.855. The molecule has 1 aliphatic heterocycles. The Kier molecular flexibility index (Phi) is 4.45. The number of carboxylic acid groups (broad SMARTS) is 1. The fourth-order valence-corrected chi connectivity index (χ4v) is 2.94. The van der Waals surface area contributed by atoms with Crippen molar-refractivity contribution in [2.24, 2.45) is 11.8 Å². The van der Waals surface area contributed by atoms with Gasteiger partial charge >= 0.3 is 5.97 Å². The van der Waals surface area contributed by atoms with E-state index in [0.29, 0.717) is 35.9 Å². The summed E-state index contributed by atoms with van der Waals surface area (Å²) >= 11 is 0. The third kappa shape index (κ3) is 3.97. The van der Waals surface area contributed by atoms with Crippen LogP contribution in [0.3, 0.4) is 0 Å². The van der Waals surface area contributed by atoms with Crippen molar-refractivity contribution in [3.8, 4) is 0 Å². The van der Waals surface area contributed by atoms with Crippen molar-refractivity contribution in [2.45, 2.75) is 32.6 Å². The highest BCUT2D eigenvalue weighted by molar-refractivity contribution is 5.85. The van der Waals surface area contributed by atoms with Crippen LogP contribution in [0.25, 0.3) is 0 Å². The lowest BCUT2D eigenvalue weighted by Crippen LogP contribution is -2.40. The SMILES string of the molecule is Cc1cc(C(=O)O)nc(NCC2CCN(C(=O)C3CC3)CC2)n1. The zero-order valence-corrected chi connectivity index (χ0v) is 13.3. The number of amides is 1. The molecule has 7 nitrogen and oxygen atoms in total. The highest BCUT2D eigenvalue weighted by Gasteiger charge is 2.34. The van der Waals surface area contributed by atoms with E-state index in [0.717, 1.165) is 38.8 Å². The van der Waals surface area contributed by atoms with Crippen LogP contribution in [0.4, 0.5) is 5.95 Å². The minimum absolute atomic E-state index is 0.00449. The van der Waals surface area contributed by atoms with Crippen LogP contribution in [0, 0.1) is 18.8 Å². The van der Waals surface area contributed by atoms with Crippen molar-refractivity contribution in [1.29, 1.82) is 0 Å². The Morgan fingerprint density at radius 3 is 2.57 bits per heavy atom. The number of nitrogens with one attached hydrogen (secondary N) is 1. The minimum atomic E-state index is -1.05.